The Balaban J connectivity index is 1.26. The average molecular weight is 579 g/mol. The van der Waals surface area contributed by atoms with Crippen molar-refractivity contribution in [2.75, 3.05) is 31.1 Å². The molecule has 1 N–H and O–H groups in total. The van der Waals surface area contributed by atoms with Crippen LogP contribution in [0.25, 0.3) is 5.69 Å². The molecule has 1 aromatic heterocycles. The van der Waals surface area contributed by atoms with Crippen molar-refractivity contribution in [1.82, 2.24) is 24.6 Å². The minimum atomic E-state index is -4.44. The van der Waals surface area contributed by atoms with Gasteiger partial charge in [-0.2, -0.15) is 18.3 Å². The summed E-state index contributed by atoms with van der Waals surface area (Å²) >= 11 is 0. The lowest BCUT2D eigenvalue weighted by molar-refractivity contribution is -0.137. The molecule has 220 valence electrons. The van der Waals surface area contributed by atoms with Gasteiger partial charge in [-0.15, -0.1) is 0 Å². The molecule has 11 heteroatoms. The molecule has 0 bridgehead atoms. The van der Waals surface area contributed by atoms with E-state index >= 15 is 0 Å². The summed E-state index contributed by atoms with van der Waals surface area (Å²) < 4.78 is 42.4. The van der Waals surface area contributed by atoms with E-state index in [4.69, 9.17) is 0 Å². The van der Waals surface area contributed by atoms with Gasteiger partial charge in [-0.05, 0) is 61.4 Å². The number of halogens is 3. The van der Waals surface area contributed by atoms with E-state index in [0.29, 0.717) is 31.7 Å². The van der Waals surface area contributed by atoms with Gasteiger partial charge in [0.2, 0.25) is 5.91 Å². The van der Waals surface area contributed by atoms with Crippen LogP contribution in [0.3, 0.4) is 0 Å². The maximum atomic E-state index is 13.5. The van der Waals surface area contributed by atoms with Crippen LogP contribution in [0.5, 0.6) is 0 Å². The molecule has 0 saturated carbocycles. The van der Waals surface area contributed by atoms with E-state index < -0.39 is 17.8 Å². The summed E-state index contributed by atoms with van der Waals surface area (Å²) in [5.41, 5.74) is 2.02. The predicted octanol–water partition coefficient (Wildman–Crippen LogP) is 4.81. The molecule has 2 heterocycles. The van der Waals surface area contributed by atoms with Gasteiger partial charge in [-0.3, -0.25) is 9.69 Å². The van der Waals surface area contributed by atoms with Gasteiger partial charge in [0.1, 0.15) is 12.4 Å². The van der Waals surface area contributed by atoms with Gasteiger partial charge in [0.25, 0.3) is 0 Å². The number of carbonyl (C=O) groups excluding carboxylic acids is 1. The molecular formula is C31H33F3N6O2. The van der Waals surface area contributed by atoms with E-state index in [9.17, 15) is 22.8 Å². The van der Waals surface area contributed by atoms with Crippen LogP contribution in [0.1, 0.15) is 42.6 Å². The molecule has 1 atom stereocenters. The van der Waals surface area contributed by atoms with Gasteiger partial charge in [0, 0.05) is 38.4 Å². The highest BCUT2D eigenvalue weighted by molar-refractivity contribution is 5.83. The van der Waals surface area contributed by atoms with Crippen LogP contribution in [-0.2, 0) is 17.5 Å². The number of aromatic nitrogens is 3. The summed E-state index contributed by atoms with van der Waals surface area (Å²) in [4.78, 5) is 30.4. The average Bonchev–Trinajstić information content (AvgIpc) is 3.38. The van der Waals surface area contributed by atoms with E-state index in [-0.39, 0.29) is 24.2 Å². The molecule has 3 aromatic carbocycles. The lowest BCUT2D eigenvalue weighted by Gasteiger charge is -2.39. The van der Waals surface area contributed by atoms with Crippen molar-refractivity contribution in [1.29, 1.82) is 0 Å². The van der Waals surface area contributed by atoms with Crippen molar-refractivity contribution in [2.24, 2.45) is 0 Å². The molecule has 4 aromatic rings. The first-order valence-electron chi connectivity index (χ1n) is 13.9. The van der Waals surface area contributed by atoms with Crippen molar-refractivity contribution in [3.8, 4) is 5.69 Å². The standard InChI is InChI=1S/C31H33F3N6O2/c1-22(2)40-30(42)39(21-36-40)27-13-11-26(12-14-27)37-15-17-38(18-16-37)28(24-8-4-3-5-9-24)29(41)35-20-23-7-6-10-25(19-23)31(32,33)34/h3-14,19,21-22,28H,15-18,20H2,1-2H3,(H,35,41). The highest BCUT2D eigenvalue weighted by atomic mass is 19.4. The number of amides is 1. The highest BCUT2D eigenvalue weighted by Crippen LogP contribution is 2.30. The van der Waals surface area contributed by atoms with Crippen LogP contribution in [0.2, 0.25) is 0 Å². The van der Waals surface area contributed by atoms with Gasteiger partial charge >= 0.3 is 11.9 Å². The van der Waals surface area contributed by atoms with Gasteiger partial charge in [0.05, 0.1) is 17.3 Å². The van der Waals surface area contributed by atoms with E-state index in [1.54, 1.807) is 6.07 Å². The van der Waals surface area contributed by atoms with Crippen LogP contribution in [0.4, 0.5) is 18.9 Å². The zero-order valence-corrected chi connectivity index (χ0v) is 23.5. The smallest absolute Gasteiger partial charge is 0.369 e. The summed E-state index contributed by atoms with van der Waals surface area (Å²) in [7, 11) is 0. The van der Waals surface area contributed by atoms with Crippen LogP contribution in [-0.4, -0.2) is 51.3 Å². The van der Waals surface area contributed by atoms with Gasteiger partial charge in [0.15, 0.2) is 0 Å². The zero-order valence-electron chi connectivity index (χ0n) is 23.5. The van der Waals surface area contributed by atoms with Crippen molar-refractivity contribution in [2.45, 2.75) is 38.7 Å². The van der Waals surface area contributed by atoms with Crippen molar-refractivity contribution >= 4 is 11.6 Å². The van der Waals surface area contributed by atoms with E-state index in [1.165, 1.54) is 21.6 Å². The van der Waals surface area contributed by atoms with E-state index in [0.717, 1.165) is 29.1 Å². The third kappa shape index (κ3) is 6.41. The Morgan fingerprint density at radius 3 is 2.19 bits per heavy atom. The summed E-state index contributed by atoms with van der Waals surface area (Å²) in [6.45, 7) is 6.38. The first-order valence-corrected chi connectivity index (χ1v) is 13.9. The zero-order chi connectivity index (χ0) is 29.9. The molecule has 1 aliphatic heterocycles. The summed E-state index contributed by atoms with van der Waals surface area (Å²) in [6.07, 6.45) is -2.92. The number of anilines is 1. The lowest BCUT2D eigenvalue weighted by Crippen LogP contribution is -2.51. The maximum absolute atomic E-state index is 13.5. The Bertz CT molecular complexity index is 1560. The molecule has 42 heavy (non-hydrogen) atoms. The maximum Gasteiger partial charge on any atom is 0.416 e. The number of hydrogen-bond donors (Lipinski definition) is 1. The SMILES string of the molecule is CC(C)n1ncn(-c2ccc(N3CCN(C(C(=O)NCc4cccc(C(F)(F)F)c4)c4ccccc4)CC3)cc2)c1=O. The molecule has 0 radical (unpaired) electrons. The molecule has 1 aliphatic rings. The van der Waals surface area contributed by atoms with Gasteiger partial charge in [-0.1, -0.05) is 42.5 Å². The molecule has 5 rings (SSSR count). The second kappa shape index (κ2) is 12.2. The third-order valence-corrected chi connectivity index (χ3v) is 7.44. The van der Waals surface area contributed by atoms with Crippen LogP contribution >= 0.6 is 0 Å². The second-order valence-electron chi connectivity index (χ2n) is 10.6. The van der Waals surface area contributed by atoms with Gasteiger partial charge in [-0.25, -0.2) is 14.0 Å². The number of benzene rings is 3. The molecule has 1 fully saturated rings. The van der Waals surface area contributed by atoms with E-state index in [2.05, 4.69) is 20.2 Å². The monoisotopic (exact) mass is 578 g/mol. The van der Waals surface area contributed by atoms with Gasteiger partial charge < -0.3 is 10.2 Å². The summed E-state index contributed by atoms with van der Waals surface area (Å²) in [5, 5.41) is 7.04. The molecule has 1 amide bonds. The fraction of sp³-hybridized carbons (Fsp3) is 0.323. The Kier molecular flexibility index (Phi) is 8.49. The Morgan fingerprint density at radius 2 is 1.57 bits per heavy atom. The number of alkyl halides is 3. The normalized spacial score (nSPS) is 15.1. The number of hydrogen-bond acceptors (Lipinski definition) is 5. The highest BCUT2D eigenvalue weighted by Gasteiger charge is 2.32. The fourth-order valence-electron chi connectivity index (χ4n) is 5.22. The number of nitrogens with zero attached hydrogens (tertiary/aromatic N) is 5. The van der Waals surface area contributed by atoms with Crippen LogP contribution in [0, 0.1) is 0 Å². The topological polar surface area (TPSA) is 75.4 Å². The summed E-state index contributed by atoms with van der Waals surface area (Å²) in [6, 6.07) is 21.5. The predicted molar refractivity (Wildman–Crippen MR) is 154 cm³/mol. The fourth-order valence-corrected chi connectivity index (χ4v) is 5.22. The van der Waals surface area contributed by atoms with Crippen molar-refractivity contribution in [3.05, 3.63) is 112 Å². The number of carbonyl (C=O) groups is 1. The Morgan fingerprint density at radius 1 is 0.905 bits per heavy atom. The number of rotatable bonds is 8. The molecule has 0 aliphatic carbocycles. The molecule has 0 spiro atoms. The molecular weight excluding hydrogens is 545 g/mol. The Hall–Kier alpha value is -4.38. The lowest BCUT2D eigenvalue weighted by atomic mass is 10.0. The molecule has 8 nitrogen and oxygen atoms in total. The first kappa shape index (κ1) is 29.1. The quantitative estimate of drug-likeness (QED) is 0.325. The minimum Gasteiger partial charge on any atom is -0.369 e. The number of nitrogens with one attached hydrogen (secondary N) is 1. The number of piperazine rings is 1. The first-order chi connectivity index (χ1) is 20.1. The van der Waals surface area contributed by atoms with Crippen molar-refractivity contribution in [3.63, 3.8) is 0 Å². The van der Waals surface area contributed by atoms with Crippen molar-refractivity contribution < 1.29 is 18.0 Å². The third-order valence-electron chi connectivity index (χ3n) is 7.44. The Labute approximate surface area is 242 Å². The van der Waals surface area contributed by atoms with E-state index in [1.807, 2.05) is 68.4 Å². The van der Waals surface area contributed by atoms with Crippen LogP contribution < -0.4 is 15.9 Å². The summed E-state index contributed by atoms with van der Waals surface area (Å²) in [5.74, 6) is -0.260. The minimum absolute atomic E-state index is 0.00242. The largest absolute Gasteiger partial charge is 0.416 e. The molecule has 1 saturated heterocycles. The molecule has 1 unspecified atom stereocenters. The van der Waals surface area contributed by atoms with Crippen LogP contribution in [0.15, 0.2) is 90.0 Å². The second-order valence-corrected chi connectivity index (χ2v) is 10.6.